The molecular weight excluding hydrogens is 757 g/mol. The van der Waals surface area contributed by atoms with E-state index < -0.39 is 41.8 Å². The largest absolute Gasteiger partial charge is 0.322 e. The van der Waals surface area contributed by atoms with E-state index in [4.69, 9.17) is 0 Å². The van der Waals surface area contributed by atoms with Crippen LogP contribution in [0.2, 0.25) is 0 Å². The maximum atomic E-state index is 13.0. The Hall–Kier alpha value is -6.84. The summed E-state index contributed by atoms with van der Waals surface area (Å²) in [5.41, 5.74) is 1.80. The molecule has 2 amide bonds. The molecule has 0 aromatic heterocycles. The molecule has 0 radical (unpaired) electrons. The third-order valence-corrected chi connectivity index (χ3v) is 10.3. The Labute approximate surface area is 321 Å². The molecule has 0 aliphatic rings. The zero-order valence-electron chi connectivity index (χ0n) is 29.0. The molecule has 0 aliphatic carbocycles. The summed E-state index contributed by atoms with van der Waals surface area (Å²) in [7, 11) is -9.77. The molecule has 6 aromatic carbocycles. The molecule has 0 aliphatic heterocycles. The van der Waals surface area contributed by atoms with E-state index >= 15 is 0 Å². The molecule has 0 heterocycles. The number of amides is 2. The summed E-state index contributed by atoms with van der Waals surface area (Å²) in [6.45, 7) is 0. The maximum Gasteiger partial charge on any atom is 0.295 e. The number of hydrogen-bond donors (Lipinski definition) is 4. The summed E-state index contributed by atoms with van der Waals surface area (Å²) in [6.07, 6.45) is 2.36. The zero-order valence-corrected chi connectivity index (χ0v) is 30.6. The molecule has 0 bridgehead atoms. The molecule has 0 atom stereocenters. The molecule has 6 rings (SSSR count). The molecule has 4 N–H and O–H groups in total. The lowest BCUT2D eigenvalue weighted by molar-refractivity contribution is 0.101. The second-order valence-corrected chi connectivity index (χ2v) is 15.0. The van der Waals surface area contributed by atoms with Gasteiger partial charge in [0.1, 0.15) is 9.79 Å². The van der Waals surface area contributed by atoms with Gasteiger partial charge in [-0.05, 0) is 59.7 Å². The predicted molar refractivity (Wildman–Crippen MR) is 210 cm³/mol. The first kappa shape index (κ1) is 38.9. The van der Waals surface area contributed by atoms with Crippen molar-refractivity contribution in [1.82, 2.24) is 0 Å². The van der Waals surface area contributed by atoms with Gasteiger partial charge < -0.3 is 10.6 Å². The van der Waals surface area contributed by atoms with Crippen molar-refractivity contribution in [2.45, 2.75) is 9.79 Å². The van der Waals surface area contributed by atoms with E-state index in [2.05, 4.69) is 10.6 Å². The van der Waals surface area contributed by atoms with Crippen molar-refractivity contribution in [2.75, 3.05) is 10.6 Å². The van der Waals surface area contributed by atoms with E-state index in [9.17, 15) is 45.1 Å². The van der Waals surface area contributed by atoms with Gasteiger partial charge in [-0.1, -0.05) is 109 Å². The van der Waals surface area contributed by atoms with Gasteiger partial charge in [0.05, 0.1) is 0 Å². The van der Waals surface area contributed by atoms with Crippen molar-refractivity contribution in [3.8, 4) is 0 Å². The molecule has 0 saturated carbocycles. The van der Waals surface area contributed by atoms with Crippen LogP contribution in [0.15, 0.2) is 155 Å². The number of benzene rings is 6. The van der Waals surface area contributed by atoms with Crippen LogP contribution in [-0.2, 0) is 20.2 Å². The number of ketones is 2. The van der Waals surface area contributed by atoms with E-state index in [-0.39, 0.29) is 45.2 Å². The molecule has 0 spiro atoms. The fourth-order valence-corrected chi connectivity index (χ4v) is 7.01. The first-order valence-corrected chi connectivity index (χ1v) is 19.5. The molecule has 0 saturated heterocycles. The fourth-order valence-electron chi connectivity index (χ4n) is 5.59. The summed E-state index contributed by atoms with van der Waals surface area (Å²) < 4.78 is 69.6. The molecule has 0 unspecified atom stereocenters. The SMILES string of the molecule is O=C(Nc1ccc(/C=C/c2ccc(NC(=O)c3ccc(C(=O)c4ccccc4)cc3)cc2S(=O)(=O)O)c(S(=O)(=O)O)c1)c1ccc(C(=O)c2ccccc2)cc1. The smallest absolute Gasteiger partial charge is 0.295 e. The topological polar surface area (TPSA) is 201 Å². The molecule has 14 heteroatoms. The highest BCUT2D eigenvalue weighted by Gasteiger charge is 2.20. The highest BCUT2D eigenvalue weighted by molar-refractivity contribution is 7.86. The Kier molecular flexibility index (Phi) is 11.3. The maximum absolute atomic E-state index is 13.0. The summed E-state index contributed by atoms with van der Waals surface area (Å²) in [5.74, 6) is -1.73. The van der Waals surface area contributed by atoms with E-state index in [0.717, 1.165) is 12.1 Å². The first-order chi connectivity index (χ1) is 26.7. The molecular formula is C42H30N2O10S2. The number of carbonyl (C=O) groups excluding carboxylic acids is 4. The summed E-state index contributed by atoms with van der Waals surface area (Å²) in [4.78, 5) is 50.1. The molecule has 12 nitrogen and oxygen atoms in total. The van der Waals surface area contributed by atoms with Crippen LogP contribution < -0.4 is 10.6 Å². The fraction of sp³-hybridized carbons (Fsp3) is 0. The van der Waals surface area contributed by atoms with Crippen LogP contribution in [0.25, 0.3) is 12.2 Å². The van der Waals surface area contributed by atoms with Gasteiger partial charge in [-0.2, -0.15) is 16.8 Å². The molecule has 56 heavy (non-hydrogen) atoms. The normalized spacial score (nSPS) is 11.5. The van der Waals surface area contributed by atoms with Crippen molar-refractivity contribution in [1.29, 1.82) is 0 Å². The van der Waals surface area contributed by atoms with Gasteiger partial charge in [0.2, 0.25) is 0 Å². The average molecular weight is 787 g/mol. The van der Waals surface area contributed by atoms with Gasteiger partial charge in [-0.15, -0.1) is 0 Å². The van der Waals surface area contributed by atoms with Crippen molar-refractivity contribution >= 4 is 67.1 Å². The second-order valence-electron chi connectivity index (χ2n) is 12.2. The average Bonchev–Trinajstić information content (AvgIpc) is 3.20. The number of nitrogens with one attached hydrogen (secondary N) is 2. The van der Waals surface area contributed by atoms with Crippen LogP contribution in [0.5, 0.6) is 0 Å². The minimum absolute atomic E-state index is 0.000340. The Morgan fingerprint density at radius 1 is 0.411 bits per heavy atom. The van der Waals surface area contributed by atoms with Crippen LogP contribution in [0, 0.1) is 0 Å². The highest BCUT2D eigenvalue weighted by Crippen LogP contribution is 2.27. The van der Waals surface area contributed by atoms with Crippen molar-refractivity contribution in [3.63, 3.8) is 0 Å². The summed E-state index contributed by atoms with van der Waals surface area (Å²) in [5, 5.41) is 5.09. The number of rotatable bonds is 12. The predicted octanol–water partition coefficient (Wildman–Crippen LogP) is 7.32. The summed E-state index contributed by atoms with van der Waals surface area (Å²) >= 11 is 0. The van der Waals surface area contributed by atoms with E-state index in [1.807, 2.05) is 0 Å². The van der Waals surface area contributed by atoms with Gasteiger partial charge in [-0.3, -0.25) is 28.3 Å². The Morgan fingerprint density at radius 3 is 1.04 bits per heavy atom. The monoisotopic (exact) mass is 786 g/mol. The highest BCUT2D eigenvalue weighted by atomic mass is 32.2. The van der Waals surface area contributed by atoms with Gasteiger partial charge in [0.25, 0.3) is 32.1 Å². The number of anilines is 2. The van der Waals surface area contributed by atoms with Crippen LogP contribution in [0.1, 0.15) is 63.7 Å². The van der Waals surface area contributed by atoms with Crippen molar-refractivity contribution in [3.05, 3.63) is 190 Å². The lowest BCUT2D eigenvalue weighted by atomic mass is 10.0. The van der Waals surface area contributed by atoms with Gasteiger partial charge in [-0.25, -0.2) is 0 Å². The second kappa shape index (κ2) is 16.3. The third kappa shape index (κ3) is 9.26. The number of hydrogen-bond acceptors (Lipinski definition) is 8. The molecule has 6 aromatic rings. The Bertz CT molecular complexity index is 2540. The van der Waals surface area contributed by atoms with Crippen LogP contribution >= 0.6 is 0 Å². The number of carbonyl (C=O) groups is 4. The van der Waals surface area contributed by atoms with Gasteiger partial charge in [0.15, 0.2) is 11.6 Å². The Morgan fingerprint density at radius 2 is 0.714 bits per heavy atom. The van der Waals surface area contributed by atoms with E-state index in [1.165, 1.54) is 84.9 Å². The third-order valence-electron chi connectivity index (χ3n) is 8.43. The van der Waals surface area contributed by atoms with Crippen LogP contribution in [-0.4, -0.2) is 49.3 Å². The van der Waals surface area contributed by atoms with Crippen LogP contribution in [0.4, 0.5) is 11.4 Å². The minimum Gasteiger partial charge on any atom is -0.322 e. The lowest BCUT2D eigenvalue weighted by Crippen LogP contribution is -2.13. The van der Waals surface area contributed by atoms with Gasteiger partial charge in [0, 0.05) is 44.8 Å². The Balaban J connectivity index is 1.18. The quantitative estimate of drug-likeness (QED) is 0.0553. The van der Waals surface area contributed by atoms with Crippen molar-refractivity contribution < 1.29 is 45.1 Å². The van der Waals surface area contributed by atoms with E-state index in [1.54, 1.807) is 60.7 Å². The minimum atomic E-state index is -4.88. The molecule has 0 fully saturated rings. The standard InChI is InChI=1S/C42H30N2O10S2/c45-39(29-7-3-1-4-8-29)31-13-17-33(18-14-31)41(47)43-35-23-21-27(37(25-35)55(49,50)51)11-12-28-22-24-36(26-38(28)56(52,53)54)44-42(48)34-19-15-32(16-20-34)40(46)30-9-5-2-6-10-30/h1-26H,(H,43,47)(H,44,48)(H,49,50,51)(H,52,53,54)/b12-11+. The van der Waals surface area contributed by atoms with Crippen LogP contribution in [0.3, 0.4) is 0 Å². The van der Waals surface area contributed by atoms with Gasteiger partial charge >= 0.3 is 0 Å². The summed E-state index contributed by atoms with van der Waals surface area (Å²) in [6, 6.07) is 36.1. The lowest BCUT2D eigenvalue weighted by Gasteiger charge is -2.11. The van der Waals surface area contributed by atoms with Crippen molar-refractivity contribution in [2.24, 2.45) is 0 Å². The molecule has 280 valence electrons. The first-order valence-electron chi connectivity index (χ1n) is 16.6. The zero-order chi connectivity index (χ0) is 40.0. The van der Waals surface area contributed by atoms with E-state index in [0.29, 0.717) is 22.3 Å².